The van der Waals surface area contributed by atoms with Gasteiger partial charge in [0.25, 0.3) is 0 Å². The van der Waals surface area contributed by atoms with Gasteiger partial charge in [-0.25, -0.2) is 0 Å². The van der Waals surface area contributed by atoms with Crippen molar-refractivity contribution < 1.29 is 4.74 Å². The number of guanidine groups is 1. The highest BCUT2D eigenvalue weighted by Gasteiger charge is 2.30. The minimum Gasteiger partial charge on any atom is -0.372 e. The third kappa shape index (κ3) is 6.55. The van der Waals surface area contributed by atoms with Gasteiger partial charge in [0.15, 0.2) is 5.96 Å². The van der Waals surface area contributed by atoms with Gasteiger partial charge in [-0.1, -0.05) is 67.4 Å². The first-order valence-electron chi connectivity index (χ1n) is 11.7. The van der Waals surface area contributed by atoms with Crippen LogP contribution in [-0.2, 0) is 24.5 Å². The van der Waals surface area contributed by atoms with Gasteiger partial charge in [-0.15, -0.1) is 0 Å². The highest BCUT2D eigenvalue weighted by molar-refractivity contribution is 5.80. The van der Waals surface area contributed by atoms with E-state index in [0.29, 0.717) is 19.3 Å². The summed E-state index contributed by atoms with van der Waals surface area (Å²) >= 11 is 0. The number of benzene rings is 2. The van der Waals surface area contributed by atoms with E-state index in [-0.39, 0.29) is 0 Å². The molecule has 0 spiro atoms. The van der Waals surface area contributed by atoms with Gasteiger partial charge in [0.05, 0.1) is 13.2 Å². The van der Waals surface area contributed by atoms with Crippen LogP contribution in [0.2, 0.25) is 0 Å². The van der Waals surface area contributed by atoms with E-state index >= 15 is 0 Å². The van der Waals surface area contributed by atoms with Crippen LogP contribution < -0.4 is 10.6 Å². The van der Waals surface area contributed by atoms with Crippen LogP contribution in [0.15, 0.2) is 59.6 Å². The number of aliphatic imine (C=N–C) groups is 1. The van der Waals surface area contributed by atoms with Gasteiger partial charge in [-0.2, -0.15) is 0 Å². The molecule has 2 fully saturated rings. The van der Waals surface area contributed by atoms with Crippen molar-refractivity contribution in [1.82, 2.24) is 15.5 Å². The first kappa shape index (κ1) is 21.8. The van der Waals surface area contributed by atoms with Crippen LogP contribution >= 0.6 is 0 Å². The van der Waals surface area contributed by atoms with Gasteiger partial charge in [0.1, 0.15) is 0 Å². The van der Waals surface area contributed by atoms with Gasteiger partial charge in [0, 0.05) is 38.8 Å². The zero-order valence-corrected chi connectivity index (χ0v) is 18.7. The van der Waals surface area contributed by atoms with E-state index in [9.17, 15) is 0 Å². The minimum atomic E-state index is 0.496. The van der Waals surface area contributed by atoms with Crippen molar-refractivity contribution in [2.75, 3.05) is 20.1 Å². The van der Waals surface area contributed by atoms with Crippen molar-refractivity contribution in [3.05, 3.63) is 71.3 Å². The van der Waals surface area contributed by atoms with Crippen molar-refractivity contribution in [3.8, 4) is 0 Å². The summed E-state index contributed by atoms with van der Waals surface area (Å²) in [6.07, 6.45) is 6.77. The maximum atomic E-state index is 5.83. The van der Waals surface area contributed by atoms with Crippen molar-refractivity contribution in [3.63, 3.8) is 0 Å². The molecule has 1 unspecified atom stereocenters. The molecular weight excluding hydrogens is 384 g/mol. The number of ether oxygens (including phenoxy) is 1. The Balaban J connectivity index is 1.17. The summed E-state index contributed by atoms with van der Waals surface area (Å²) < 4.78 is 5.83. The van der Waals surface area contributed by atoms with Crippen LogP contribution in [0.3, 0.4) is 0 Å². The summed E-state index contributed by atoms with van der Waals surface area (Å²) in [5.41, 5.74) is 3.64. The van der Waals surface area contributed by atoms with E-state index in [1.165, 1.54) is 55.3 Å². The van der Waals surface area contributed by atoms with Crippen LogP contribution in [0.4, 0.5) is 0 Å². The first-order valence-corrected chi connectivity index (χ1v) is 11.7. The fourth-order valence-electron chi connectivity index (χ4n) is 4.69. The van der Waals surface area contributed by atoms with Gasteiger partial charge in [-0.05, 0) is 36.0 Å². The monoisotopic (exact) mass is 420 g/mol. The number of hydrogen-bond donors (Lipinski definition) is 2. The average Bonchev–Trinajstić information content (AvgIpc) is 3.50. The second-order valence-electron chi connectivity index (χ2n) is 8.78. The molecule has 0 aromatic heterocycles. The fourth-order valence-corrected chi connectivity index (χ4v) is 4.69. The number of nitrogens with one attached hydrogen (secondary N) is 2. The molecule has 1 heterocycles. The molecule has 5 nitrogen and oxygen atoms in total. The topological polar surface area (TPSA) is 48.9 Å². The maximum absolute atomic E-state index is 5.83. The third-order valence-electron chi connectivity index (χ3n) is 6.49. The van der Waals surface area contributed by atoms with Gasteiger partial charge in [0.2, 0.25) is 0 Å². The molecule has 0 amide bonds. The van der Waals surface area contributed by atoms with Gasteiger partial charge in [-0.3, -0.25) is 9.89 Å². The Labute approximate surface area is 186 Å². The lowest BCUT2D eigenvalue weighted by Gasteiger charge is -2.24. The zero-order chi connectivity index (χ0) is 21.3. The van der Waals surface area contributed by atoms with E-state index in [1.54, 1.807) is 0 Å². The Hall–Kier alpha value is -2.37. The molecule has 31 heavy (non-hydrogen) atoms. The van der Waals surface area contributed by atoms with Crippen molar-refractivity contribution in [1.29, 1.82) is 0 Å². The zero-order valence-electron chi connectivity index (χ0n) is 18.7. The lowest BCUT2D eigenvalue weighted by atomic mass is 10.1. The van der Waals surface area contributed by atoms with Gasteiger partial charge < -0.3 is 15.4 Å². The summed E-state index contributed by atoms with van der Waals surface area (Å²) in [5.74, 6) is 0.897. The molecule has 0 radical (unpaired) electrons. The minimum absolute atomic E-state index is 0.496. The fraction of sp³-hybridized carbons (Fsp3) is 0.500. The molecule has 5 heteroatoms. The summed E-state index contributed by atoms with van der Waals surface area (Å²) in [5, 5.41) is 7.09. The summed E-state index contributed by atoms with van der Waals surface area (Å²) in [4.78, 5) is 7.11. The van der Waals surface area contributed by atoms with Gasteiger partial charge >= 0.3 is 0 Å². The quantitative estimate of drug-likeness (QED) is 0.499. The molecule has 1 aliphatic carbocycles. The molecule has 2 aliphatic rings. The predicted octanol–water partition coefficient (Wildman–Crippen LogP) is 4.09. The van der Waals surface area contributed by atoms with E-state index < -0.39 is 0 Å². The molecule has 0 bridgehead atoms. The van der Waals surface area contributed by atoms with E-state index in [4.69, 9.17) is 4.74 Å². The number of rotatable bonds is 8. The smallest absolute Gasteiger partial charge is 0.191 e. The molecule has 2 N–H and O–H groups in total. The Morgan fingerprint density at radius 2 is 1.61 bits per heavy atom. The predicted molar refractivity (Wildman–Crippen MR) is 127 cm³/mol. The summed E-state index contributed by atoms with van der Waals surface area (Å²) in [6, 6.07) is 20.2. The lowest BCUT2D eigenvalue weighted by Crippen LogP contribution is -2.45. The standard InChI is InChI=1S/C26H36N4O/c1-27-26(29-24-15-16-30(18-24)25-9-5-6-10-25)28-17-21-11-13-23(14-12-21)20-31-19-22-7-3-2-4-8-22/h2-4,7-8,11-14,24-25H,5-6,9-10,15-20H2,1H3,(H2,27,28,29). The Kier molecular flexibility index (Phi) is 7.97. The highest BCUT2D eigenvalue weighted by atomic mass is 16.5. The normalized spacial score (nSPS) is 20.3. The molecule has 1 saturated heterocycles. The highest BCUT2D eigenvalue weighted by Crippen LogP contribution is 2.26. The van der Waals surface area contributed by atoms with Crippen LogP contribution in [-0.4, -0.2) is 43.1 Å². The largest absolute Gasteiger partial charge is 0.372 e. The third-order valence-corrected chi connectivity index (χ3v) is 6.49. The van der Waals surface area contributed by atoms with Crippen LogP contribution in [0.5, 0.6) is 0 Å². The second kappa shape index (κ2) is 11.3. The average molecular weight is 421 g/mol. The van der Waals surface area contributed by atoms with Crippen LogP contribution in [0, 0.1) is 0 Å². The number of nitrogens with zero attached hydrogens (tertiary/aromatic N) is 2. The lowest BCUT2D eigenvalue weighted by molar-refractivity contribution is 0.107. The number of likely N-dealkylation sites (tertiary alicyclic amines) is 1. The molecular formula is C26H36N4O. The van der Waals surface area contributed by atoms with Crippen molar-refractivity contribution in [2.24, 2.45) is 4.99 Å². The van der Waals surface area contributed by atoms with E-state index in [1.807, 2.05) is 25.2 Å². The second-order valence-corrected chi connectivity index (χ2v) is 8.78. The SMILES string of the molecule is CN=C(NCc1ccc(COCc2ccccc2)cc1)NC1CCN(C2CCCC2)C1. The molecule has 1 atom stereocenters. The van der Waals surface area contributed by atoms with Crippen LogP contribution in [0.1, 0.15) is 48.8 Å². The van der Waals surface area contributed by atoms with E-state index in [0.717, 1.165) is 25.1 Å². The molecule has 2 aromatic carbocycles. The molecule has 2 aromatic rings. The maximum Gasteiger partial charge on any atom is 0.191 e. The summed E-state index contributed by atoms with van der Waals surface area (Å²) in [6.45, 7) is 4.40. The van der Waals surface area contributed by atoms with Crippen molar-refractivity contribution in [2.45, 2.75) is 63.9 Å². The molecule has 1 saturated carbocycles. The van der Waals surface area contributed by atoms with E-state index in [2.05, 4.69) is 56.9 Å². The Morgan fingerprint density at radius 1 is 0.935 bits per heavy atom. The molecule has 4 rings (SSSR count). The molecule has 166 valence electrons. The summed E-state index contributed by atoms with van der Waals surface area (Å²) in [7, 11) is 1.85. The number of hydrogen-bond acceptors (Lipinski definition) is 3. The van der Waals surface area contributed by atoms with Crippen molar-refractivity contribution >= 4 is 5.96 Å². The van der Waals surface area contributed by atoms with Crippen LogP contribution in [0.25, 0.3) is 0 Å². The molecule has 1 aliphatic heterocycles. The Morgan fingerprint density at radius 3 is 2.32 bits per heavy atom. The first-order chi connectivity index (χ1) is 15.3. The Bertz CT molecular complexity index is 815.